The zero-order chi connectivity index (χ0) is 4.95. The summed E-state index contributed by atoms with van der Waals surface area (Å²) in [6.07, 6.45) is 3.46. The first-order chi connectivity index (χ1) is 3.50. The molecule has 0 bridgehead atoms. The summed E-state index contributed by atoms with van der Waals surface area (Å²) in [5, 5.41) is 0. The van der Waals surface area contributed by atoms with Gasteiger partial charge < -0.3 is 0 Å². The van der Waals surface area contributed by atoms with Crippen LogP contribution >= 0.6 is 0 Å². The van der Waals surface area contributed by atoms with Gasteiger partial charge in [0.1, 0.15) is 0 Å². The zero-order valence-corrected chi connectivity index (χ0v) is 4.26. The predicted molar refractivity (Wildman–Crippen MR) is 26.2 cm³/mol. The standard InChI is InChI=1S/C5H9NO/c1-2-4-6-7-5-3-1/h4H,1-3,5H2. The van der Waals surface area contributed by atoms with Gasteiger partial charge in [-0.05, 0) is 19.3 Å². The molecule has 0 aliphatic carbocycles. The lowest BCUT2D eigenvalue weighted by molar-refractivity contribution is 0.0591. The summed E-state index contributed by atoms with van der Waals surface area (Å²) >= 11 is 0. The fraction of sp³-hybridized carbons (Fsp3) is 0.800. The van der Waals surface area contributed by atoms with Crippen molar-refractivity contribution < 1.29 is 4.84 Å². The maximum absolute atomic E-state index is 4.76. The van der Waals surface area contributed by atoms with Crippen LogP contribution in [0.3, 0.4) is 0 Å². The lowest BCUT2D eigenvalue weighted by Gasteiger charge is -1.89. The molecule has 2 nitrogen and oxygen atoms in total. The average Bonchev–Trinajstić information content (AvgIpc) is 1.90. The molecule has 1 aliphatic rings. The van der Waals surface area contributed by atoms with E-state index in [2.05, 4.69) is 5.48 Å². The molecule has 0 aromatic rings. The van der Waals surface area contributed by atoms with E-state index in [1.165, 1.54) is 6.42 Å². The summed E-state index contributed by atoms with van der Waals surface area (Å²) in [6.45, 7) is 2.63. The summed E-state index contributed by atoms with van der Waals surface area (Å²) in [5.74, 6) is 0. The molecule has 0 N–H and O–H groups in total. The molecule has 0 amide bonds. The first kappa shape index (κ1) is 5.06. The maximum Gasteiger partial charge on any atom is 0.0732 e. The van der Waals surface area contributed by atoms with Gasteiger partial charge >= 0.3 is 0 Å². The average molecular weight is 99.1 g/mol. The van der Waals surface area contributed by atoms with Crippen molar-refractivity contribution >= 4 is 0 Å². The normalized spacial score (nSPS) is 24.0. The van der Waals surface area contributed by atoms with Crippen molar-refractivity contribution in [3.63, 3.8) is 0 Å². The highest BCUT2D eigenvalue weighted by Crippen LogP contribution is 2.01. The van der Waals surface area contributed by atoms with E-state index in [1.54, 1.807) is 0 Å². The second-order valence-corrected chi connectivity index (χ2v) is 1.62. The topological polar surface area (TPSA) is 23.3 Å². The Morgan fingerprint density at radius 1 is 1.43 bits per heavy atom. The summed E-state index contributed by atoms with van der Waals surface area (Å²) in [6, 6.07) is 0. The van der Waals surface area contributed by atoms with Gasteiger partial charge in [0.25, 0.3) is 0 Å². The Bertz CT molecular complexity index is 27.7. The van der Waals surface area contributed by atoms with Crippen LogP contribution in [0.15, 0.2) is 0 Å². The molecule has 1 fully saturated rings. The molecule has 0 unspecified atom stereocenters. The molecule has 40 valence electrons. The van der Waals surface area contributed by atoms with E-state index >= 15 is 0 Å². The fourth-order valence-electron chi connectivity index (χ4n) is 0.560. The van der Waals surface area contributed by atoms with Crippen molar-refractivity contribution in [2.75, 3.05) is 6.61 Å². The minimum Gasteiger partial charge on any atom is -0.282 e. The highest BCUT2D eigenvalue weighted by molar-refractivity contribution is 4.57. The van der Waals surface area contributed by atoms with Crippen LogP contribution in [-0.2, 0) is 4.84 Å². The Balaban J connectivity index is 2.04. The summed E-state index contributed by atoms with van der Waals surface area (Å²) < 4.78 is 0. The number of nitrogens with zero attached hydrogens (tertiary/aromatic N) is 1. The molecule has 0 aromatic carbocycles. The van der Waals surface area contributed by atoms with E-state index in [4.69, 9.17) is 4.84 Å². The van der Waals surface area contributed by atoms with Gasteiger partial charge in [0.2, 0.25) is 0 Å². The van der Waals surface area contributed by atoms with Gasteiger partial charge in [-0.15, -0.1) is 0 Å². The van der Waals surface area contributed by atoms with E-state index in [9.17, 15) is 0 Å². The molecular weight excluding hydrogens is 90.1 g/mol. The van der Waals surface area contributed by atoms with E-state index < -0.39 is 0 Å². The van der Waals surface area contributed by atoms with Gasteiger partial charge in [0.15, 0.2) is 0 Å². The van der Waals surface area contributed by atoms with Gasteiger partial charge in [-0.1, -0.05) is 5.48 Å². The first-order valence-electron chi connectivity index (χ1n) is 2.64. The number of hydroxylamine groups is 1. The molecule has 0 aromatic heterocycles. The van der Waals surface area contributed by atoms with Gasteiger partial charge in [-0.25, -0.2) is 0 Å². The van der Waals surface area contributed by atoms with Gasteiger partial charge in [0.05, 0.1) is 13.2 Å². The van der Waals surface area contributed by atoms with Crippen molar-refractivity contribution in [3.05, 3.63) is 6.54 Å². The predicted octanol–water partition coefficient (Wildman–Crippen LogP) is 0.868. The SMILES string of the molecule is [CH]1CCCCO[N]1. The third kappa shape index (κ3) is 1.90. The Hall–Kier alpha value is -0.0800. The molecule has 1 rings (SSSR count). The van der Waals surface area contributed by atoms with Crippen LogP contribution < -0.4 is 5.48 Å². The van der Waals surface area contributed by atoms with E-state index in [-0.39, 0.29) is 0 Å². The van der Waals surface area contributed by atoms with Crippen molar-refractivity contribution in [1.82, 2.24) is 5.48 Å². The molecule has 0 spiro atoms. The minimum absolute atomic E-state index is 0.802. The summed E-state index contributed by atoms with van der Waals surface area (Å²) in [4.78, 5) is 4.76. The monoisotopic (exact) mass is 99.1 g/mol. The van der Waals surface area contributed by atoms with Crippen molar-refractivity contribution in [2.45, 2.75) is 19.3 Å². The molecule has 1 aliphatic heterocycles. The minimum atomic E-state index is 0.802. The van der Waals surface area contributed by atoms with Crippen LogP contribution in [-0.4, -0.2) is 6.61 Å². The van der Waals surface area contributed by atoms with Crippen LogP contribution in [0.5, 0.6) is 0 Å². The summed E-state index contributed by atoms with van der Waals surface area (Å²) in [5.41, 5.74) is 3.65. The molecule has 1 heterocycles. The van der Waals surface area contributed by atoms with Gasteiger partial charge in [-0.3, -0.25) is 4.84 Å². The number of rotatable bonds is 0. The lowest BCUT2D eigenvalue weighted by Crippen LogP contribution is -1.98. The Kier molecular flexibility index (Phi) is 2.17. The fourth-order valence-corrected chi connectivity index (χ4v) is 0.560. The van der Waals surface area contributed by atoms with Gasteiger partial charge in [-0.2, -0.15) is 0 Å². The molecule has 0 atom stereocenters. The van der Waals surface area contributed by atoms with Crippen LogP contribution in [0.25, 0.3) is 0 Å². The molecule has 0 saturated carbocycles. The van der Waals surface area contributed by atoms with Crippen molar-refractivity contribution in [2.24, 2.45) is 0 Å². The second kappa shape index (κ2) is 2.99. The Morgan fingerprint density at radius 2 is 2.43 bits per heavy atom. The molecule has 2 radical (unpaired) electrons. The molecule has 2 heteroatoms. The van der Waals surface area contributed by atoms with Crippen LogP contribution in [0.4, 0.5) is 0 Å². The molecule has 7 heavy (non-hydrogen) atoms. The lowest BCUT2D eigenvalue weighted by atomic mass is 10.2. The zero-order valence-electron chi connectivity index (χ0n) is 4.26. The largest absolute Gasteiger partial charge is 0.282 e. The second-order valence-electron chi connectivity index (χ2n) is 1.62. The Labute approximate surface area is 43.8 Å². The molecular formula is C5H9NO. The van der Waals surface area contributed by atoms with E-state index in [0.717, 1.165) is 19.4 Å². The molecule has 1 saturated heterocycles. The van der Waals surface area contributed by atoms with E-state index in [0.29, 0.717) is 0 Å². The smallest absolute Gasteiger partial charge is 0.0732 e. The van der Waals surface area contributed by atoms with Crippen molar-refractivity contribution in [1.29, 1.82) is 0 Å². The van der Waals surface area contributed by atoms with Crippen LogP contribution in [0.1, 0.15) is 19.3 Å². The quantitative estimate of drug-likeness (QED) is 0.442. The Morgan fingerprint density at radius 3 is 3.43 bits per heavy atom. The third-order valence-electron chi connectivity index (χ3n) is 0.968. The third-order valence-corrected chi connectivity index (χ3v) is 0.968. The summed E-state index contributed by atoms with van der Waals surface area (Å²) in [7, 11) is 0. The number of hydrogen-bond donors (Lipinski definition) is 0. The highest BCUT2D eigenvalue weighted by Gasteiger charge is 1.96. The van der Waals surface area contributed by atoms with Crippen molar-refractivity contribution in [3.8, 4) is 0 Å². The van der Waals surface area contributed by atoms with Gasteiger partial charge in [0, 0.05) is 0 Å². The number of hydrogen-bond acceptors (Lipinski definition) is 1. The van der Waals surface area contributed by atoms with Crippen LogP contribution in [0, 0.1) is 6.54 Å². The first-order valence-corrected chi connectivity index (χ1v) is 2.64. The highest BCUT2D eigenvalue weighted by atomic mass is 16.6. The van der Waals surface area contributed by atoms with E-state index in [1.807, 2.05) is 6.54 Å². The maximum atomic E-state index is 4.76. The van der Waals surface area contributed by atoms with Crippen LogP contribution in [0.2, 0.25) is 0 Å².